The van der Waals surface area contributed by atoms with E-state index in [4.69, 9.17) is 9.47 Å². The largest absolute Gasteiger partial charge is 0.497 e. The second-order valence-electron chi connectivity index (χ2n) is 5.67. The van der Waals surface area contributed by atoms with Gasteiger partial charge in [0.1, 0.15) is 24.2 Å². The van der Waals surface area contributed by atoms with Crippen LogP contribution in [0.4, 0.5) is 13.2 Å². The number of aromatic nitrogens is 2. The van der Waals surface area contributed by atoms with Crippen LogP contribution in [-0.2, 0) is 12.7 Å². The van der Waals surface area contributed by atoms with Gasteiger partial charge in [0.05, 0.1) is 24.7 Å². The first-order valence-corrected chi connectivity index (χ1v) is 7.86. The number of methoxy groups -OCH3 is 1. The minimum Gasteiger partial charge on any atom is -0.497 e. The van der Waals surface area contributed by atoms with E-state index < -0.39 is 18.1 Å². The number of aliphatic hydroxyl groups is 1. The number of fused-ring (bicyclic) bond motifs is 1. The summed E-state index contributed by atoms with van der Waals surface area (Å²) >= 11 is 0. The topological polar surface area (TPSA) is 56.5 Å². The smallest absolute Gasteiger partial charge is 0.449 e. The molecule has 0 aliphatic heterocycles. The molecule has 0 radical (unpaired) electrons. The lowest BCUT2D eigenvalue weighted by Gasteiger charge is -2.16. The average Bonchev–Trinajstić information content (AvgIpc) is 2.99. The van der Waals surface area contributed by atoms with Crippen LogP contribution in [0, 0.1) is 0 Å². The zero-order valence-corrected chi connectivity index (χ0v) is 13.9. The van der Waals surface area contributed by atoms with Crippen molar-refractivity contribution in [2.24, 2.45) is 0 Å². The van der Waals surface area contributed by atoms with Crippen molar-refractivity contribution in [2.45, 2.75) is 18.8 Å². The zero-order valence-electron chi connectivity index (χ0n) is 13.9. The lowest BCUT2D eigenvalue weighted by Crippen LogP contribution is -2.26. The van der Waals surface area contributed by atoms with Crippen LogP contribution in [0.25, 0.3) is 11.0 Å². The Hall–Kier alpha value is -2.74. The van der Waals surface area contributed by atoms with Crippen molar-refractivity contribution >= 4 is 11.0 Å². The van der Waals surface area contributed by atoms with Crippen LogP contribution in [0.15, 0.2) is 48.5 Å². The third-order valence-corrected chi connectivity index (χ3v) is 3.80. The second-order valence-corrected chi connectivity index (χ2v) is 5.67. The Labute approximate surface area is 147 Å². The Morgan fingerprint density at radius 2 is 1.73 bits per heavy atom. The molecule has 0 amide bonds. The molecule has 26 heavy (non-hydrogen) atoms. The predicted octanol–water partition coefficient (Wildman–Crippen LogP) is 3.50. The number of nitrogens with zero attached hydrogens (tertiary/aromatic N) is 2. The van der Waals surface area contributed by atoms with Gasteiger partial charge in [0.15, 0.2) is 0 Å². The molecule has 0 spiro atoms. The van der Waals surface area contributed by atoms with E-state index in [1.54, 1.807) is 36.4 Å². The van der Waals surface area contributed by atoms with Gasteiger partial charge in [0, 0.05) is 0 Å². The quantitative estimate of drug-likeness (QED) is 0.725. The van der Waals surface area contributed by atoms with Crippen molar-refractivity contribution in [3.63, 3.8) is 0 Å². The monoisotopic (exact) mass is 366 g/mol. The normalized spacial score (nSPS) is 13.0. The minimum atomic E-state index is -4.62. The molecule has 0 saturated heterocycles. The third-order valence-electron chi connectivity index (χ3n) is 3.80. The fourth-order valence-electron chi connectivity index (χ4n) is 2.60. The average molecular weight is 366 g/mol. The van der Waals surface area contributed by atoms with Gasteiger partial charge in [-0.3, -0.25) is 0 Å². The molecule has 0 bridgehead atoms. The Bertz CT molecular complexity index is 876. The van der Waals surface area contributed by atoms with Crippen LogP contribution in [0.1, 0.15) is 5.82 Å². The van der Waals surface area contributed by atoms with Gasteiger partial charge in [-0.2, -0.15) is 13.2 Å². The molecule has 138 valence electrons. The highest BCUT2D eigenvalue weighted by molar-refractivity contribution is 5.76. The van der Waals surface area contributed by atoms with E-state index in [9.17, 15) is 18.3 Å². The van der Waals surface area contributed by atoms with Crippen molar-refractivity contribution in [1.29, 1.82) is 0 Å². The predicted molar refractivity (Wildman–Crippen MR) is 89.2 cm³/mol. The van der Waals surface area contributed by atoms with Crippen LogP contribution in [-0.4, -0.2) is 34.5 Å². The third kappa shape index (κ3) is 3.91. The fourth-order valence-corrected chi connectivity index (χ4v) is 2.60. The molecule has 1 atom stereocenters. The highest BCUT2D eigenvalue weighted by Gasteiger charge is 2.37. The lowest BCUT2D eigenvalue weighted by molar-refractivity contribution is -0.147. The fraction of sp³-hybridized carbons (Fsp3) is 0.278. The standard InChI is InChI=1S/C18H17F3N2O3/c1-25-13-6-8-14(9-7-13)26-11-12(24)10-23-16-5-3-2-4-15(16)22-17(23)18(19,20)21/h2-9,12,24H,10-11H2,1H3. The molecule has 0 saturated carbocycles. The number of imidazole rings is 1. The van der Waals surface area contributed by atoms with Crippen LogP contribution < -0.4 is 9.47 Å². The van der Waals surface area contributed by atoms with Crippen LogP contribution in [0.2, 0.25) is 0 Å². The molecule has 1 N–H and O–H groups in total. The first-order chi connectivity index (χ1) is 12.4. The highest BCUT2D eigenvalue weighted by Crippen LogP contribution is 2.31. The molecule has 2 aromatic carbocycles. The van der Waals surface area contributed by atoms with Gasteiger partial charge in [-0.05, 0) is 36.4 Å². The van der Waals surface area contributed by atoms with E-state index in [0.717, 1.165) is 4.57 Å². The summed E-state index contributed by atoms with van der Waals surface area (Å²) in [6.45, 7) is -0.443. The van der Waals surface area contributed by atoms with Crippen molar-refractivity contribution in [3.05, 3.63) is 54.4 Å². The van der Waals surface area contributed by atoms with E-state index in [0.29, 0.717) is 17.0 Å². The van der Waals surface area contributed by atoms with Gasteiger partial charge in [-0.15, -0.1) is 0 Å². The summed E-state index contributed by atoms with van der Waals surface area (Å²) in [5.74, 6) is 0.0937. The van der Waals surface area contributed by atoms with Gasteiger partial charge in [-0.25, -0.2) is 4.98 Å². The first kappa shape index (κ1) is 18.1. The summed E-state index contributed by atoms with van der Waals surface area (Å²) in [5.41, 5.74) is 0.534. The molecule has 1 heterocycles. The minimum absolute atomic E-state index is 0.157. The number of alkyl halides is 3. The number of hydrogen-bond donors (Lipinski definition) is 1. The number of rotatable bonds is 6. The molecule has 0 aliphatic rings. The SMILES string of the molecule is COc1ccc(OCC(O)Cn2c(C(F)(F)F)nc3ccccc32)cc1. The Kier molecular flexibility index (Phi) is 5.03. The van der Waals surface area contributed by atoms with E-state index >= 15 is 0 Å². The Balaban J connectivity index is 1.75. The van der Waals surface area contributed by atoms with E-state index in [2.05, 4.69) is 4.98 Å². The summed E-state index contributed by atoms with van der Waals surface area (Å²) in [4.78, 5) is 3.65. The zero-order chi connectivity index (χ0) is 18.7. The van der Waals surface area contributed by atoms with Crippen molar-refractivity contribution in [2.75, 3.05) is 13.7 Å². The van der Waals surface area contributed by atoms with Crippen molar-refractivity contribution in [1.82, 2.24) is 9.55 Å². The summed E-state index contributed by atoms with van der Waals surface area (Å²) < 4.78 is 51.2. The van der Waals surface area contributed by atoms with Crippen LogP contribution in [0.5, 0.6) is 11.5 Å². The number of para-hydroxylation sites is 2. The maximum Gasteiger partial charge on any atom is 0.449 e. The summed E-state index contributed by atoms with van der Waals surface area (Å²) in [6.07, 6.45) is -5.76. The molecule has 1 aromatic heterocycles. The van der Waals surface area contributed by atoms with Crippen LogP contribution >= 0.6 is 0 Å². The maximum atomic E-state index is 13.3. The molecular weight excluding hydrogens is 349 g/mol. The molecule has 0 aliphatic carbocycles. The van der Waals surface area contributed by atoms with Gasteiger partial charge < -0.3 is 19.1 Å². The van der Waals surface area contributed by atoms with E-state index in [1.165, 1.54) is 19.2 Å². The summed E-state index contributed by atoms with van der Waals surface area (Å²) in [6, 6.07) is 13.0. The second kappa shape index (κ2) is 7.25. The van der Waals surface area contributed by atoms with Gasteiger partial charge in [0.2, 0.25) is 5.82 Å². The number of halogens is 3. The molecule has 0 fully saturated rings. The molecule has 3 aromatic rings. The first-order valence-electron chi connectivity index (χ1n) is 7.86. The van der Waals surface area contributed by atoms with Crippen LogP contribution in [0.3, 0.4) is 0 Å². The maximum absolute atomic E-state index is 13.3. The Morgan fingerprint density at radius 1 is 1.08 bits per heavy atom. The Morgan fingerprint density at radius 3 is 2.38 bits per heavy atom. The number of aliphatic hydroxyl groups excluding tert-OH is 1. The lowest BCUT2D eigenvalue weighted by atomic mass is 10.3. The number of ether oxygens (including phenoxy) is 2. The van der Waals surface area contributed by atoms with Crippen molar-refractivity contribution in [3.8, 4) is 11.5 Å². The molecule has 5 nitrogen and oxygen atoms in total. The molecule has 8 heteroatoms. The molecule has 3 rings (SSSR count). The molecule has 1 unspecified atom stereocenters. The molecular formula is C18H17F3N2O3. The highest BCUT2D eigenvalue weighted by atomic mass is 19.4. The summed E-state index contributed by atoms with van der Waals surface area (Å²) in [7, 11) is 1.54. The number of hydrogen-bond acceptors (Lipinski definition) is 4. The van der Waals surface area contributed by atoms with Crippen molar-refractivity contribution < 1.29 is 27.8 Å². The van der Waals surface area contributed by atoms with E-state index in [1.807, 2.05) is 0 Å². The van der Waals surface area contributed by atoms with E-state index in [-0.39, 0.29) is 18.7 Å². The van der Waals surface area contributed by atoms with Gasteiger partial charge >= 0.3 is 6.18 Å². The number of benzene rings is 2. The summed E-state index contributed by atoms with van der Waals surface area (Å²) in [5, 5.41) is 10.2. The van der Waals surface area contributed by atoms with Gasteiger partial charge in [-0.1, -0.05) is 12.1 Å². The van der Waals surface area contributed by atoms with Gasteiger partial charge in [0.25, 0.3) is 0 Å².